The van der Waals surface area contributed by atoms with E-state index in [1.165, 1.54) is 5.56 Å². The van der Waals surface area contributed by atoms with Gasteiger partial charge in [0.1, 0.15) is 5.56 Å². The van der Waals surface area contributed by atoms with Crippen LogP contribution >= 0.6 is 11.6 Å². The van der Waals surface area contributed by atoms with Crippen molar-refractivity contribution < 1.29 is 4.79 Å². The fraction of sp³-hybridized carbons (Fsp3) is 0.350. The van der Waals surface area contributed by atoms with Crippen molar-refractivity contribution in [3.63, 3.8) is 0 Å². The first-order valence-electron chi connectivity index (χ1n) is 9.06. The standard InChI is InChI=1S/C20H22ClN5O/c1-13-4-5-16(21)11-18(13)24-6-8-25(9-7-24)20(27)17-12-22-26-15(3)10-14(2)23-19(17)26/h4-5,10-12H,6-9H2,1-3H3. The number of rotatable bonds is 2. The molecule has 1 amide bonds. The molecule has 1 aromatic carbocycles. The van der Waals surface area contributed by atoms with Crippen molar-refractivity contribution in [3.05, 3.63) is 58.0 Å². The van der Waals surface area contributed by atoms with Gasteiger partial charge in [0.2, 0.25) is 0 Å². The Morgan fingerprint density at radius 2 is 1.81 bits per heavy atom. The minimum absolute atomic E-state index is 0.00929. The van der Waals surface area contributed by atoms with E-state index >= 15 is 0 Å². The van der Waals surface area contributed by atoms with E-state index in [1.807, 2.05) is 43.0 Å². The summed E-state index contributed by atoms with van der Waals surface area (Å²) in [6.45, 7) is 8.85. The van der Waals surface area contributed by atoms with Gasteiger partial charge in [-0.05, 0) is 44.5 Å². The number of fused-ring (bicyclic) bond motifs is 1. The molecule has 3 aromatic rings. The van der Waals surface area contributed by atoms with E-state index in [-0.39, 0.29) is 5.91 Å². The normalized spacial score (nSPS) is 14.8. The number of hydrogen-bond donors (Lipinski definition) is 0. The van der Waals surface area contributed by atoms with Crippen LogP contribution in [0.25, 0.3) is 5.65 Å². The van der Waals surface area contributed by atoms with E-state index in [4.69, 9.17) is 11.6 Å². The van der Waals surface area contributed by atoms with E-state index < -0.39 is 0 Å². The Hall–Kier alpha value is -2.60. The Balaban J connectivity index is 1.53. The molecule has 0 bridgehead atoms. The summed E-state index contributed by atoms with van der Waals surface area (Å²) in [5.41, 5.74) is 5.38. The highest BCUT2D eigenvalue weighted by atomic mass is 35.5. The number of benzene rings is 1. The molecule has 0 spiro atoms. The Labute approximate surface area is 163 Å². The Kier molecular flexibility index (Phi) is 4.52. The van der Waals surface area contributed by atoms with Crippen molar-refractivity contribution in [2.24, 2.45) is 0 Å². The quantitative estimate of drug-likeness (QED) is 0.681. The number of carbonyl (C=O) groups excluding carboxylic acids is 1. The first-order chi connectivity index (χ1) is 12.9. The van der Waals surface area contributed by atoms with Crippen molar-refractivity contribution >= 4 is 28.8 Å². The van der Waals surface area contributed by atoms with Crippen molar-refractivity contribution in [3.8, 4) is 0 Å². The van der Waals surface area contributed by atoms with Crippen LogP contribution in [-0.4, -0.2) is 51.6 Å². The van der Waals surface area contributed by atoms with Gasteiger partial charge in [-0.3, -0.25) is 4.79 Å². The molecule has 140 valence electrons. The molecule has 0 unspecified atom stereocenters. The molecule has 0 radical (unpaired) electrons. The summed E-state index contributed by atoms with van der Waals surface area (Å²) >= 11 is 6.16. The maximum atomic E-state index is 13.1. The molecule has 4 rings (SSSR count). The fourth-order valence-corrected chi connectivity index (χ4v) is 3.83. The zero-order valence-corrected chi connectivity index (χ0v) is 16.5. The van der Waals surface area contributed by atoms with E-state index in [1.54, 1.807) is 10.7 Å². The molecule has 0 atom stereocenters. The van der Waals surface area contributed by atoms with Gasteiger partial charge in [0.05, 0.1) is 6.20 Å². The van der Waals surface area contributed by atoms with Gasteiger partial charge in [-0.25, -0.2) is 9.50 Å². The third-order valence-electron chi connectivity index (χ3n) is 5.09. The summed E-state index contributed by atoms with van der Waals surface area (Å²) in [5, 5.41) is 5.07. The number of amides is 1. The first-order valence-corrected chi connectivity index (χ1v) is 9.44. The zero-order valence-electron chi connectivity index (χ0n) is 15.7. The first kappa shape index (κ1) is 17.8. The summed E-state index contributed by atoms with van der Waals surface area (Å²) in [6, 6.07) is 7.89. The number of nitrogens with zero attached hydrogens (tertiary/aromatic N) is 5. The van der Waals surface area contributed by atoms with Gasteiger partial charge in [-0.15, -0.1) is 0 Å². The van der Waals surface area contributed by atoms with Crippen LogP contribution in [0.15, 0.2) is 30.5 Å². The van der Waals surface area contributed by atoms with Gasteiger partial charge < -0.3 is 9.80 Å². The molecule has 1 aliphatic rings. The summed E-state index contributed by atoms with van der Waals surface area (Å²) < 4.78 is 1.73. The molecule has 0 aliphatic carbocycles. The van der Waals surface area contributed by atoms with Crippen LogP contribution in [0.5, 0.6) is 0 Å². The molecule has 27 heavy (non-hydrogen) atoms. The van der Waals surface area contributed by atoms with Gasteiger partial charge >= 0.3 is 0 Å². The highest BCUT2D eigenvalue weighted by Gasteiger charge is 2.26. The van der Waals surface area contributed by atoms with Crippen LogP contribution in [0.4, 0.5) is 5.69 Å². The lowest BCUT2D eigenvalue weighted by Crippen LogP contribution is -2.49. The minimum Gasteiger partial charge on any atom is -0.368 e. The van der Waals surface area contributed by atoms with Gasteiger partial charge in [0, 0.05) is 48.3 Å². The topological polar surface area (TPSA) is 53.7 Å². The highest BCUT2D eigenvalue weighted by Crippen LogP contribution is 2.26. The number of halogens is 1. The molecule has 3 heterocycles. The largest absolute Gasteiger partial charge is 0.368 e. The summed E-state index contributed by atoms with van der Waals surface area (Å²) in [4.78, 5) is 21.7. The molecule has 0 saturated carbocycles. The second kappa shape index (κ2) is 6.85. The molecular weight excluding hydrogens is 362 g/mol. The summed E-state index contributed by atoms with van der Waals surface area (Å²) in [5.74, 6) is -0.00929. The van der Waals surface area contributed by atoms with E-state index in [0.717, 1.165) is 35.2 Å². The SMILES string of the molecule is Cc1cc(C)n2ncc(C(=O)N3CCN(c4cc(Cl)ccc4C)CC3)c2n1. The zero-order chi connectivity index (χ0) is 19.1. The number of anilines is 1. The van der Waals surface area contributed by atoms with E-state index in [0.29, 0.717) is 24.3 Å². The molecule has 0 N–H and O–H groups in total. The smallest absolute Gasteiger partial charge is 0.259 e. The Bertz CT molecular complexity index is 1020. The lowest BCUT2D eigenvalue weighted by molar-refractivity contribution is 0.0748. The Morgan fingerprint density at radius 1 is 1.07 bits per heavy atom. The summed E-state index contributed by atoms with van der Waals surface area (Å²) in [7, 11) is 0. The maximum absolute atomic E-state index is 13.1. The van der Waals surface area contributed by atoms with Gasteiger partial charge in [-0.2, -0.15) is 5.10 Å². The second-order valence-electron chi connectivity index (χ2n) is 7.04. The van der Waals surface area contributed by atoms with Crippen molar-refractivity contribution in [1.82, 2.24) is 19.5 Å². The number of aromatic nitrogens is 3. The molecular formula is C20H22ClN5O. The van der Waals surface area contributed by atoms with E-state index in [2.05, 4.69) is 21.9 Å². The van der Waals surface area contributed by atoms with Crippen LogP contribution in [-0.2, 0) is 0 Å². The van der Waals surface area contributed by atoms with Crippen LogP contribution in [0.2, 0.25) is 5.02 Å². The molecule has 2 aromatic heterocycles. The maximum Gasteiger partial charge on any atom is 0.259 e. The average Bonchev–Trinajstić information content (AvgIpc) is 3.07. The van der Waals surface area contributed by atoms with Gasteiger partial charge in [0.25, 0.3) is 5.91 Å². The monoisotopic (exact) mass is 383 g/mol. The number of piperazine rings is 1. The lowest BCUT2D eigenvalue weighted by atomic mass is 10.1. The Morgan fingerprint density at radius 3 is 2.56 bits per heavy atom. The van der Waals surface area contributed by atoms with Crippen LogP contribution in [0.3, 0.4) is 0 Å². The fourth-order valence-electron chi connectivity index (χ4n) is 3.67. The lowest BCUT2D eigenvalue weighted by Gasteiger charge is -2.36. The summed E-state index contributed by atoms with van der Waals surface area (Å²) in [6.07, 6.45) is 1.63. The molecule has 1 saturated heterocycles. The minimum atomic E-state index is -0.00929. The van der Waals surface area contributed by atoms with Gasteiger partial charge in [-0.1, -0.05) is 17.7 Å². The third kappa shape index (κ3) is 3.25. The highest BCUT2D eigenvalue weighted by molar-refractivity contribution is 6.30. The van der Waals surface area contributed by atoms with Crippen molar-refractivity contribution in [2.45, 2.75) is 20.8 Å². The molecule has 1 fully saturated rings. The number of aryl methyl sites for hydroxylation is 3. The van der Waals surface area contributed by atoms with Crippen LogP contribution in [0.1, 0.15) is 27.3 Å². The second-order valence-corrected chi connectivity index (χ2v) is 7.48. The predicted octanol–water partition coefficient (Wildman–Crippen LogP) is 3.27. The average molecular weight is 384 g/mol. The molecule has 7 heteroatoms. The number of carbonyl (C=O) groups is 1. The predicted molar refractivity (Wildman–Crippen MR) is 107 cm³/mol. The van der Waals surface area contributed by atoms with Gasteiger partial charge in [0.15, 0.2) is 5.65 Å². The van der Waals surface area contributed by atoms with Crippen molar-refractivity contribution in [2.75, 3.05) is 31.1 Å². The number of hydrogen-bond acceptors (Lipinski definition) is 4. The molecule has 1 aliphatic heterocycles. The molecule has 6 nitrogen and oxygen atoms in total. The van der Waals surface area contributed by atoms with Crippen molar-refractivity contribution in [1.29, 1.82) is 0 Å². The third-order valence-corrected chi connectivity index (χ3v) is 5.32. The van der Waals surface area contributed by atoms with Crippen LogP contribution < -0.4 is 4.90 Å². The van der Waals surface area contributed by atoms with Crippen LogP contribution in [0, 0.1) is 20.8 Å². The van der Waals surface area contributed by atoms with E-state index in [9.17, 15) is 4.79 Å².